The highest BCUT2D eigenvalue weighted by molar-refractivity contribution is 5.95. The van der Waals surface area contributed by atoms with Gasteiger partial charge in [-0.3, -0.25) is 9.59 Å². The Morgan fingerprint density at radius 2 is 1.62 bits per heavy atom. The van der Waals surface area contributed by atoms with Gasteiger partial charge in [0.2, 0.25) is 0 Å². The number of carboxylic acid groups (broad SMARTS) is 1. The van der Waals surface area contributed by atoms with Crippen molar-refractivity contribution < 1.29 is 24.0 Å². The molecule has 1 heterocycles. The van der Waals surface area contributed by atoms with Crippen molar-refractivity contribution in [2.45, 2.75) is 96.6 Å². The number of carboxylic acids is 1. The number of nitrogens with one attached hydrogen (secondary N) is 2. The molecule has 2 aliphatic rings. The van der Waals surface area contributed by atoms with E-state index in [4.69, 9.17) is 9.63 Å². The summed E-state index contributed by atoms with van der Waals surface area (Å²) in [6.45, 7) is 4.46. The largest absolute Gasteiger partial charge is 0.481 e. The second kappa shape index (κ2) is 15.2. The molecule has 0 bridgehead atoms. The van der Waals surface area contributed by atoms with Crippen LogP contribution in [0.1, 0.15) is 106 Å². The van der Waals surface area contributed by atoms with Gasteiger partial charge < -0.3 is 25.2 Å². The van der Waals surface area contributed by atoms with Gasteiger partial charge in [0.25, 0.3) is 11.8 Å². The maximum atomic E-state index is 14.1. The first-order valence-electron chi connectivity index (χ1n) is 16.4. The summed E-state index contributed by atoms with van der Waals surface area (Å²) in [5, 5.41) is 18.7. The van der Waals surface area contributed by atoms with E-state index in [9.17, 15) is 14.4 Å². The molecule has 3 amide bonds. The Labute approximate surface area is 265 Å². The molecule has 2 aliphatic carbocycles. The molecule has 0 atom stereocenters. The Morgan fingerprint density at radius 3 is 2.29 bits per heavy atom. The van der Waals surface area contributed by atoms with Gasteiger partial charge in [-0.15, -0.1) is 0 Å². The van der Waals surface area contributed by atoms with Crippen LogP contribution in [0.4, 0.5) is 10.5 Å². The maximum absolute atomic E-state index is 14.1. The van der Waals surface area contributed by atoms with Crippen molar-refractivity contribution in [1.29, 1.82) is 0 Å². The van der Waals surface area contributed by atoms with Crippen LogP contribution in [0.25, 0.3) is 11.5 Å². The number of anilines is 1. The molecule has 3 N–H and O–H groups in total. The number of para-hydroxylation sites is 1. The fourth-order valence-electron chi connectivity index (χ4n) is 6.74. The van der Waals surface area contributed by atoms with Crippen LogP contribution in [0.5, 0.6) is 0 Å². The predicted molar refractivity (Wildman–Crippen MR) is 172 cm³/mol. The van der Waals surface area contributed by atoms with Gasteiger partial charge in [0, 0.05) is 30.6 Å². The molecule has 10 heteroatoms. The van der Waals surface area contributed by atoms with Crippen LogP contribution < -0.4 is 10.6 Å². The standard InChI is InChI=1S/C35H45N5O5/c1-23(2)32-38-34(45-39-32)29-10-6-7-11-30(29)37-35(44)40(28-18-16-26(17-19-28)25-8-4-3-5-9-25)22-24-12-14-27(15-13-24)33(43)36-21-20-31(41)42/h6-7,10-15,23,25-26,28H,3-5,8-9,16-22H2,1-2H3,(H,36,43)(H,37,44)(H,41,42). The molecule has 0 unspecified atom stereocenters. The first-order valence-corrected chi connectivity index (χ1v) is 16.4. The average Bonchev–Trinajstić information content (AvgIpc) is 3.55. The number of carbonyl (C=O) groups is 3. The molecule has 3 aromatic rings. The van der Waals surface area contributed by atoms with Crippen LogP contribution in [0.3, 0.4) is 0 Å². The maximum Gasteiger partial charge on any atom is 0.322 e. The summed E-state index contributed by atoms with van der Waals surface area (Å²) in [4.78, 5) is 43.8. The topological polar surface area (TPSA) is 138 Å². The van der Waals surface area contributed by atoms with Crippen molar-refractivity contribution in [3.05, 3.63) is 65.5 Å². The summed E-state index contributed by atoms with van der Waals surface area (Å²) >= 11 is 0. The zero-order valence-electron chi connectivity index (χ0n) is 26.3. The van der Waals surface area contributed by atoms with Gasteiger partial charge in [-0.05, 0) is 67.3 Å². The van der Waals surface area contributed by atoms with Gasteiger partial charge in [-0.25, -0.2) is 4.79 Å². The van der Waals surface area contributed by atoms with E-state index in [0.717, 1.165) is 43.1 Å². The van der Waals surface area contributed by atoms with E-state index in [1.165, 1.54) is 32.1 Å². The highest BCUT2D eigenvalue weighted by atomic mass is 16.5. The van der Waals surface area contributed by atoms with Crippen LogP contribution in [-0.4, -0.2) is 50.6 Å². The van der Waals surface area contributed by atoms with Crippen molar-refractivity contribution in [1.82, 2.24) is 20.4 Å². The lowest BCUT2D eigenvalue weighted by molar-refractivity contribution is -0.136. The Bertz CT molecular complexity index is 1440. The van der Waals surface area contributed by atoms with Crippen LogP contribution in [0.15, 0.2) is 53.1 Å². The number of benzene rings is 2. The number of hydrogen-bond acceptors (Lipinski definition) is 6. The van der Waals surface area contributed by atoms with Gasteiger partial charge >= 0.3 is 12.0 Å². The molecule has 10 nitrogen and oxygen atoms in total. The fraction of sp³-hybridized carbons (Fsp3) is 0.514. The van der Waals surface area contributed by atoms with Crippen LogP contribution in [0, 0.1) is 11.8 Å². The zero-order chi connectivity index (χ0) is 31.8. The molecular formula is C35H45N5O5. The molecule has 240 valence electrons. The van der Waals surface area contributed by atoms with E-state index in [-0.39, 0.29) is 36.9 Å². The molecule has 0 saturated heterocycles. The van der Waals surface area contributed by atoms with Gasteiger partial charge in [-0.2, -0.15) is 4.98 Å². The molecule has 45 heavy (non-hydrogen) atoms. The SMILES string of the molecule is CC(C)c1noc(-c2ccccc2NC(=O)N(Cc2ccc(C(=O)NCCC(=O)O)cc2)C2CCC(C3CCCCC3)CC2)n1. The van der Waals surface area contributed by atoms with Crippen LogP contribution in [-0.2, 0) is 11.3 Å². The number of amides is 3. The van der Waals surface area contributed by atoms with Crippen molar-refractivity contribution in [3.63, 3.8) is 0 Å². The van der Waals surface area contributed by atoms with E-state index in [1.807, 2.05) is 55.1 Å². The minimum absolute atomic E-state index is 0.0667. The molecule has 5 rings (SSSR count). The predicted octanol–water partition coefficient (Wildman–Crippen LogP) is 7.24. The van der Waals surface area contributed by atoms with Crippen molar-refractivity contribution in [2.24, 2.45) is 11.8 Å². The highest BCUT2D eigenvalue weighted by Crippen LogP contribution is 2.40. The third-order valence-electron chi connectivity index (χ3n) is 9.31. The smallest absolute Gasteiger partial charge is 0.322 e. The number of aliphatic carboxylic acids is 1. The zero-order valence-corrected chi connectivity index (χ0v) is 26.3. The lowest BCUT2D eigenvalue weighted by Crippen LogP contribution is -2.44. The monoisotopic (exact) mass is 615 g/mol. The fourth-order valence-corrected chi connectivity index (χ4v) is 6.74. The van der Waals surface area contributed by atoms with E-state index < -0.39 is 5.97 Å². The number of urea groups is 1. The van der Waals surface area contributed by atoms with E-state index in [1.54, 1.807) is 12.1 Å². The van der Waals surface area contributed by atoms with Gasteiger partial charge in [0.05, 0.1) is 17.7 Å². The first-order chi connectivity index (χ1) is 21.8. The molecule has 0 radical (unpaired) electrons. The molecule has 2 fully saturated rings. The molecule has 1 aromatic heterocycles. The Hall–Kier alpha value is -4.21. The number of hydrogen-bond donors (Lipinski definition) is 3. The van der Waals surface area contributed by atoms with E-state index in [2.05, 4.69) is 20.8 Å². The summed E-state index contributed by atoms with van der Waals surface area (Å²) in [6.07, 6.45) is 10.7. The van der Waals surface area contributed by atoms with E-state index >= 15 is 0 Å². The molecule has 2 aromatic carbocycles. The lowest BCUT2D eigenvalue weighted by Gasteiger charge is -2.40. The van der Waals surface area contributed by atoms with Crippen molar-refractivity contribution in [2.75, 3.05) is 11.9 Å². The Morgan fingerprint density at radius 1 is 0.933 bits per heavy atom. The second-order valence-corrected chi connectivity index (χ2v) is 12.8. The first kappa shape index (κ1) is 32.2. The summed E-state index contributed by atoms with van der Waals surface area (Å²) < 4.78 is 5.56. The minimum Gasteiger partial charge on any atom is -0.481 e. The Kier molecular flexibility index (Phi) is 10.9. The van der Waals surface area contributed by atoms with Gasteiger partial charge in [0.15, 0.2) is 5.82 Å². The second-order valence-electron chi connectivity index (χ2n) is 12.8. The average molecular weight is 616 g/mol. The quantitative estimate of drug-likeness (QED) is 0.207. The van der Waals surface area contributed by atoms with Crippen LogP contribution in [0.2, 0.25) is 0 Å². The Balaban J connectivity index is 1.32. The normalized spacial score (nSPS) is 18.8. The van der Waals surface area contributed by atoms with Gasteiger partial charge in [0.1, 0.15) is 0 Å². The lowest BCUT2D eigenvalue weighted by atomic mass is 9.72. The molecule has 0 aliphatic heterocycles. The summed E-state index contributed by atoms with van der Waals surface area (Å²) in [5.74, 6) is 1.36. The number of rotatable bonds is 11. The third kappa shape index (κ3) is 8.49. The summed E-state index contributed by atoms with van der Waals surface area (Å²) in [5.41, 5.74) is 2.64. The molecule has 0 spiro atoms. The third-order valence-corrected chi connectivity index (χ3v) is 9.31. The number of carbonyl (C=O) groups excluding carboxylic acids is 2. The van der Waals surface area contributed by atoms with Crippen molar-refractivity contribution in [3.8, 4) is 11.5 Å². The molecular weight excluding hydrogens is 570 g/mol. The number of aromatic nitrogens is 2. The van der Waals surface area contributed by atoms with Crippen molar-refractivity contribution >= 4 is 23.6 Å². The minimum atomic E-state index is -0.961. The van der Waals surface area contributed by atoms with E-state index in [0.29, 0.717) is 35.1 Å². The highest BCUT2D eigenvalue weighted by Gasteiger charge is 2.33. The van der Waals surface area contributed by atoms with Gasteiger partial charge in [-0.1, -0.05) is 75.4 Å². The summed E-state index contributed by atoms with van der Waals surface area (Å²) in [6, 6.07) is 14.5. The van der Waals surface area contributed by atoms with Crippen LogP contribution >= 0.6 is 0 Å². The number of nitrogens with zero attached hydrogens (tertiary/aromatic N) is 3. The summed E-state index contributed by atoms with van der Waals surface area (Å²) in [7, 11) is 0. The molecule has 2 saturated carbocycles.